The molecule has 2 bridgehead atoms. The first kappa shape index (κ1) is 9.44. The first-order chi connectivity index (χ1) is 5.98. The highest BCUT2D eigenvalue weighted by Crippen LogP contribution is 2.30. The van der Waals surface area contributed by atoms with Crippen LogP contribution in [-0.2, 0) is 4.74 Å². The van der Waals surface area contributed by atoms with Crippen LogP contribution >= 0.6 is 0 Å². The normalized spacial score (nSPS) is 41.1. The van der Waals surface area contributed by atoms with E-state index >= 15 is 0 Å². The van der Waals surface area contributed by atoms with E-state index in [4.69, 9.17) is 4.74 Å². The molecule has 0 amide bonds. The highest BCUT2D eigenvalue weighted by Gasteiger charge is 2.44. The molecule has 2 saturated heterocycles. The number of rotatable bonds is 0. The van der Waals surface area contributed by atoms with Crippen molar-refractivity contribution in [1.82, 2.24) is 4.90 Å². The largest absolute Gasteiger partial charge is 0.390 e. The molecule has 0 aromatic carbocycles. The average Bonchev–Trinajstić information content (AvgIpc) is 2.29. The van der Waals surface area contributed by atoms with Gasteiger partial charge in [0.05, 0.1) is 18.8 Å². The number of hydrogen-bond donors (Lipinski definition) is 1. The number of fused-ring (bicyclic) bond motifs is 2. The lowest BCUT2D eigenvalue weighted by Crippen LogP contribution is -2.54. The van der Waals surface area contributed by atoms with E-state index in [9.17, 15) is 5.11 Å². The molecule has 0 spiro atoms. The molecule has 76 valence electrons. The maximum absolute atomic E-state index is 9.74. The minimum atomic E-state index is -0.224. The molecular weight excluding hydrogens is 166 g/mol. The van der Waals surface area contributed by atoms with Gasteiger partial charge in [-0.3, -0.25) is 4.90 Å². The standard InChI is InChI=1S/C10H19NO2/c1-10(2,3)11-4-7-6-13-8(5-11)9(7)12/h7-9,12H,4-6H2,1-3H3/t7-,8-,9-/m1/s1. The minimum absolute atomic E-state index is 0.0537. The Bertz CT molecular complexity index is 186. The summed E-state index contributed by atoms with van der Waals surface area (Å²) in [7, 11) is 0. The predicted molar refractivity (Wildman–Crippen MR) is 50.6 cm³/mol. The van der Waals surface area contributed by atoms with Crippen LogP contribution in [0.1, 0.15) is 20.8 Å². The Labute approximate surface area is 79.7 Å². The minimum Gasteiger partial charge on any atom is -0.390 e. The third kappa shape index (κ3) is 1.60. The SMILES string of the molecule is CC(C)(C)N1C[C@@H]2CO[C@H](C1)[C@@H]2O. The second-order valence-electron chi connectivity index (χ2n) is 5.20. The Morgan fingerprint density at radius 2 is 2.00 bits per heavy atom. The van der Waals surface area contributed by atoms with Crippen LogP contribution in [0.2, 0.25) is 0 Å². The van der Waals surface area contributed by atoms with Crippen LogP contribution in [0, 0.1) is 5.92 Å². The molecule has 2 aliphatic rings. The first-order valence-corrected chi connectivity index (χ1v) is 5.03. The molecule has 0 unspecified atom stereocenters. The second-order valence-corrected chi connectivity index (χ2v) is 5.20. The van der Waals surface area contributed by atoms with Gasteiger partial charge in [0.1, 0.15) is 0 Å². The fourth-order valence-electron chi connectivity index (χ4n) is 2.19. The summed E-state index contributed by atoms with van der Waals surface area (Å²) in [6.07, 6.45) is -0.170. The van der Waals surface area contributed by atoms with Crippen molar-refractivity contribution >= 4 is 0 Å². The summed E-state index contributed by atoms with van der Waals surface area (Å²) < 4.78 is 5.52. The van der Waals surface area contributed by atoms with Gasteiger partial charge in [0.25, 0.3) is 0 Å². The molecular formula is C10H19NO2. The summed E-state index contributed by atoms with van der Waals surface area (Å²) in [6, 6.07) is 0. The van der Waals surface area contributed by atoms with Crippen molar-refractivity contribution in [3.63, 3.8) is 0 Å². The van der Waals surface area contributed by atoms with E-state index in [0.29, 0.717) is 5.92 Å². The summed E-state index contributed by atoms with van der Waals surface area (Å²) in [6.45, 7) is 9.22. The lowest BCUT2D eigenvalue weighted by Gasteiger charge is -2.42. The van der Waals surface area contributed by atoms with E-state index in [1.165, 1.54) is 0 Å². The Hall–Kier alpha value is -0.120. The van der Waals surface area contributed by atoms with Gasteiger partial charge in [-0.05, 0) is 20.8 Å². The predicted octanol–water partition coefficient (Wildman–Crippen LogP) is 0.476. The lowest BCUT2D eigenvalue weighted by molar-refractivity contribution is -0.0336. The van der Waals surface area contributed by atoms with Gasteiger partial charge in [0.15, 0.2) is 0 Å². The molecule has 3 atom stereocenters. The topological polar surface area (TPSA) is 32.7 Å². The maximum atomic E-state index is 9.74. The Morgan fingerprint density at radius 1 is 1.31 bits per heavy atom. The van der Waals surface area contributed by atoms with Gasteiger partial charge >= 0.3 is 0 Å². The van der Waals surface area contributed by atoms with Gasteiger partial charge in [-0.25, -0.2) is 0 Å². The van der Waals surface area contributed by atoms with Crippen molar-refractivity contribution in [1.29, 1.82) is 0 Å². The van der Waals surface area contributed by atoms with Crippen LogP contribution in [0.15, 0.2) is 0 Å². The third-order valence-electron chi connectivity index (χ3n) is 3.19. The third-order valence-corrected chi connectivity index (χ3v) is 3.19. The van der Waals surface area contributed by atoms with Gasteiger partial charge in [-0.2, -0.15) is 0 Å². The van der Waals surface area contributed by atoms with E-state index in [1.807, 2.05) is 0 Å². The summed E-state index contributed by atoms with van der Waals surface area (Å²) in [5.41, 5.74) is 0.199. The van der Waals surface area contributed by atoms with E-state index in [0.717, 1.165) is 19.7 Å². The maximum Gasteiger partial charge on any atom is 0.0964 e. The molecule has 13 heavy (non-hydrogen) atoms. The van der Waals surface area contributed by atoms with Gasteiger partial charge in [0, 0.05) is 24.5 Å². The number of aliphatic hydroxyl groups excluding tert-OH is 1. The van der Waals surface area contributed by atoms with Gasteiger partial charge in [-0.1, -0.05) is 0 Å². The molecule has 3 heteroatoms. The zero-order valence-electron chi connectivity index (χ0n) is 8.66. The molecule has 0 radical (unpaired) electrons. The van der Waals surface area contributed by atoms with Gasteiger partial charge in [0.2, 0.25) is 0 Å². The van der Waals surface area contributed by atoms with E-state index in [2.05, 4.69) is 25.7 Å². The molecule has 2 aliphatic heterocycles. The van der Waals surface area contributed by atoms with Crippen LogP contribution in [0.5, 0.6) is 0 Å². The molecule has 2 fully saturated rings. The van der Waals surface area contributed by atoms with Crippen molar-refractivity contribution in [2.45, 2.75) is 38.5 Å². The number of piperidine rings is 1. The summed E-state index contributed by atoms with van der Waals surface area (Å²) >= 11 is 0. The highest BCUT2D eigenvalue weighted by molar-refractivity contribution is 4.95. The van der Waals surface area contributed by atoms with Crippen molar-refractivity contribution < 1.29 is 9.84 Å². The molecule has 0 aliphatic carbocycles. The Morgan fingerprint density at radius 3 is 2.54 bits per heavy atom. The van der Waals surface area contributed by atoms with Crippen LogP contribution in [-0.4, -0.2) is 47.4 Å². The molecule has 3 nitrogen and oxygen atoms in total. The highest BCUT2D eigenvalue weighted by atomic mass is 16.5. The average molecular weight is 185 g/mol. The quantitative estimate of drug-likeness (QED) is 0.595. The monoisotopic (exact) mass is 185 g/mol. The van der Waals surface area contributed by atoms with E-state index in [-0.39, 0.29) is 17.7 Å². The van der Waals surface area contributed by atoms with Gasteiger partial charge in [-0.15, -0.1) is 0 Å². The second kappa shape index (κ2) is 2.94. The Balaban J connectivity index is 2.07. The summed E-state index contributed by atoms with van der Waals surface area (Å²) in [5.74, 6) is 0.331. The molecule has 2 rings (SSSR count). The Kier molecular flexibility index (Phi) is 2.13. The van der Waals surface area contributed by atoms with Gasteiger partial charge < -0.3 is 9.84 Å². The van der Waals surface area contributed by atoms with E-state index < -0.39 is 0 Å². The zero-order chi connectivity index (χ0) is 9.64. The molecule has 0 aromatic rings. The number of nitrogens with zero attached hydrogens (tertiary/aromatic N) is 1. The fourth-order valence-corrected chi connectivity index (χ4v) is 2.19. The first-order valence-electron chi connectivity index (χ1n) is 5.03. The molecule has 0 saturated carbocycles. The summed E-state index contributed by atoms with van der Waals surface area (Å²) in [5, 5.41) is 9.74. The lowest BCUT2D eigenvalue weighted by atomic mass is 9.92. The van der Waals surface area contributed by atoms with Crippen LogP contribution < -0.4 is 0 Å². The van der Waals surface area contributed by atoms with E-state index in [1.54, 1.807) is 0 Å². The molecule has 1 N–H and O–H groups in total. The van der Waals surface area contributed by atoms with Crippen LogP contribution in [0.25, 0.3) is 0 Å². The smallest absolute Gasteiger partial charge is 0.0964 e. The van der Waals surface area contributed by atoms with Crippen molar-refractivity contribution in [3.8, 4) is 0 Å². The van der Waals surface area contributed by atoms with Crippen molar-refractivity contribution in [2.24, 2.45) is 5.92 Å². The fraction of sp³-hybridized carbons (Fsp3) is 1.00. The zero-order valence-corrected chi connectivity index (χ0v) is 8.66. The number of aliphatic hydroxyl groups is 1. The number of likely N-dealkylation sites (tertiary alicyclic amines) is 1. The number of hydrogen-bond acceptors (Lipinski definition) is 3. The number of ether oxygens (including phenoxy) is 1. The van der Waals surface area contributed by atoms with Crippen molar-refractivity contribution in [3.05, 3.63) is 0 Å². The summed E-state index contributed by atoms with van der Waals surface area (Å²) in [4.78, 5) is 2.40. The molecule has 0 aromatic heterocycles. The van der Waals surface area contributed by atoms with Crippen LogP contribution in [0.4, 0.5) is 0 Å². The molecule has 2 heterocycles. The van der Waals surface area contributed by atoms with Crippen LogP contribution in [0.3, 0.4) is 0 Å². The van der Waals surface area contributed by atoms with Crippen molar-refractivity contribution in [2.75, 3.05) is 19.7 Å².